The molecule has 0 saturated carbocycles. The third-order valence-corrected chi connectivity index (χ3v) is 3.24. The minimum absolute atomic E-state index is 0.571. The molecule has 0 bridgehead atoms. The first-order valence-electron chi connectivity index (χ1n) is 6.12. The summed E-state index contributed by atoms with van der Waals surface area (Å²) in [5, 5.41) is 11.6. The van der Waals surface area contributed by atoms with Gasteiger partial charge < -0.3 is 10.1 Å². The van der Waals surface area contributed by atoms with Crippen LogP contribution in [-0.2, 0) is 11.2 Å². The van der Waals surface area contributed by atoms with Crippen LogP contribution >= 0.6 is 0 Å². The Balaban J connectivity index is 1.74. The van der Waals surface area contributed by atoms with E-state index in [0.717, 1.165) is 38.2 Å². The van der Waals surface area contributed by atoms with Crippen molar-refractivity contribution >= 4 is 10.9 Å². The molecule has 2 aromatic rings. The van der Waals surface area contributed by atoms with E-state index in [1.165, 1.54) is 10.9 Å². The predicted molar refractivity (Wildman–Crippen MR) is 67.0 cm³/mol. The lowest BCUT2D eigenvalue weighted by molar-refractivity contribution is 0.123. The van der Waals surface area contributed by atoms with Gasteiger partial charge in [-0.3, -0.25) is 5.10 Å². The van der Waals surface area contributed by atoms with Crippen LogP contribution in [0.4, 0.5) is 0 Å². The van der Waals surface area contributed by atoms with E-state index in [4.69, 9.17) is 4.74 Å². The summed E-state index contributed by atoms with van der Waals surface area (Å²) in [6.07, 6.45) is 2.94. The van der Waals surface area contributed by atoms with E-state index in [2.05, 4.69) is 33.7 Å². The number of nitrogens with zero attached hydrogens (tertiary/aromatic N) is 1. The van der Waals surface area contributed by atoms with Crippen LogP contribution in [0.15, 0.2) is 24.4 Å². The summed E-state index contributed by atoms with van der Waals surface area (Å²) >= 11 is 0. The summed E-state index contributed by atoms with van der Waals surface area (Å²) in [5.41, 5.74) is 2.46. The fourth-order valence-corrected chi connectivity index (χ4v) is 2.34. The zero-order valence-electron chi connectivity index (χ0n) is 9.78. The van der Waals surface area contributed by atoms with Crippen LogP contribution in [0.5, 0.6) is 0 Å². The van der Waals surface area contributed by atoms with E-state index in [0.29, 0.717) is 5.92 Å². The van der Waals surface area contributed by atoms with E-state index in [1.807, 2.05) is 6.20 Å². The molecule has 0 aliphatic carbocycles. The molecule has 1 atom stereocenters. The summed E-state index contributed by atoms with van der Waals surface area (Å²) < 4.78 is 5.57. The first kappa shape index (κ1) is 10.7. The molecular formula is C13H17N3O. The van der Waals surface area contributed by atoms with Gasteiger partial charge in [0, 0.05) is 18.5 Å². The lowest BCUT2D eigenvalue weighted by Crippen LogP contribution is -2.24. The number of aromatic amines is 1. The van der Waals surface area contributed by atoms with Crippen molar-refractivity contribution in [2.75, 3.05) is 26.3 Å². The molecule has 90 valence electrons. The second-order valence-corrected chi connectivity index (χ2v) is 4.64. The number of benzene rings is 1. The van der Waals surface area contributed by atoms with Gasteiger partial charge in [0.1, 0.15) is 0 Å². The van der Waals surface area contributed by atoms with Crippen LogP contribution in [0.2, 0.25) is 0 Å². The highest BCUT2D eigenvalue weighted by molar-refractivity contribution is 5.78. The number of hydrogen-bond donors (Lipinski definition) is 2. The van der Waals surface area contributed by atoms with Crippen LogP contribution in [-0.4, -0.2) is 36.5 Å². The van der Waals surface area contributed by atoms with Gasteiger partial charge in [-0.2, -0.15) is 5.10 Å². The average molecular weight is 231 g/mol. The third kappa shape index (κ3) is 2.48. The van der Waals surface area contributed by atoms with Gasteiger partial charge >= 0.3 is 0 Å². The standard InChI is InChI=1S/C13H17N3O/c1-2-13-12(8-15-16-13)6-10(1)5-11-7-14-3-4-17-9-11/h1-2,6,8,11,14H,3-5,7,9H2,(H,15,16)/t11-/m1/s1. The fraction of sp³-hybridized carbons (Fsp3) is 0.462. The number of fused-ring (bicyclic) bond motifs is 1. The van der Waals surface area contributed by atoms with Gasteiger partial charge in [0.25, 0.3) is 0 Å². The largest absolute Gasteiger partial charge is 0.380 e. The first-order chi connectivity index (χ1) is 8.42. The van der Waals surface area contributed by atoms with Crippen molar-refractivity contribution in [3.05, 3.63) is 30.0 Å². The van der Waals surface area contributed by atoms with Crippen molar-refractivity contribution < 1.29 is 4.74 Å². The van der Waals surface area contributed by atoms with Gasteiger partial charge in [-0.1, -0.05) is 6.07 Å². The van der Waals surface area contributed by atoms with E-state index in [-0.39, 0.29) is 0 Å². The molecule has 0 amide bonds. The number of hydrogen-bond acceptors (Lipinski definition) is 3. The van der Waals surface area contributed by atoms with Gasteiger partial charge in [-0.15, -0.1) is 0 Å². The molecule has 2 heterocycles. The van der Waals surface area contributed by atoms with Crippen molar-refractivity contribution in [3.63, 3.8) is 0 Å². The molecule has 3 rings (SSSR count). The molecule has 1 fully saturated rings. The molecule has 2 N–H and O–H groups in total. The maximum Gasteiger partial charge on any atom is 0.0650 e. The van der Waals surface area contributed by atoms with Crippen LogP contribution < -0.4 is 5.32 Å². The highest BCUT2D eigenvalue weighted by Gasteiger charge is 2.13. The second-order valence-electron chi connectivity index (χ2n) is 4.64. The maximum atomic E-state index is 5.57. The number of H-pyrrole nitrogens is 1. The predicted octanol–water partition coefficient (Wildman–Crippen LogP) is 1.34. The first-order valence-corrected chi connectivity index (χ1v) is 6.12. The molecule has 0 unspecified atom stereocenters. The zero-order chi connectivity index (χ0) is 11.5. The summed E-state index contributed by atoms with van der Waals surface area (Å²) in [6, 6.07) is 6.48. The Kier molecular flexibility index (Phi) is 3.07. The average Bonchev–Trinajstić information content (AvgIpc) is 2.65. The Morgan fingerprint density at radius 1 is 1.41 bits per heavy atom. The lowest BCUT2D eigenvalue weighted by Gasteiger charge is -2.13. The van der Waals surface area contributed by atoms with Gasteiger partial charge in [-0.25, -0.2) is 0 Å². The van der Waals surface area contributed by atoms with Crippen molar-refractivity contribution in [2.45, 2.75) is 6.42 Å². The minimum Gasteiger partial charge on any atom is -0.380 e. The summed E-state index contributed by atoms with van der Waals surface area (Å²) in [5.74, 6) is 0.571. The number of ether oxygens (including phenoxy) is 1. The van der Waals surface area contributed by atoms with Crippen LogP contribution in [0, 0.1) is 5.92 Å². The second kappa shape index (κ2) is 4.85. The number of nitrogens with one attached hydrogen (secondary N) is 2. The molecule has 1 aromatic carbocycles. The van der Waals surface area contributed by atoms with Gasteiger partial charge in [0.05, 0.1) is 24.9 Å². The van der Waals surface area contributed by atoms with E-state index in [1.54, 1.807) is 0 Å². The number of rotatable bonds is 2. The van der Waals surface area contributed by atoms with Gasteiger partial charge in [-0.05, 0) is 30.0 Å². The SMILES string of the molecule is c1cc2[nH]ncc2cc1C[C@@H]1CNCCOC1. The van der Waals surface area contributed by atoms with E-state index in [9.17, 15) is 0 Å². The highest BCUT2D eigenvalue weighted by Crippen LogP contribution is 2.16. The Labute approximate surface area is 100 Å². The van der Waals surface area contributed by atoms with Gasteiger partial charge in [0.2, 0.25) is 0 Å². The maximum absolute atomic E-state index is 5.57. The van der Waals surface area contributed by atoms with Crippen LogP contribution in [0.25, 0.3) is 10.9 Å². The molecular weight excluding hydrogens is 214 g/mol. The van der Waals surface area contributed by atoms with E-state index >= 15 is 0 Å². The van der Waals surface area contributed by atoms with Crippen LogP contribution in [0.1, 0.15) is 5.56 Å². The molecule has 17 heavy (non-hydrogen) atoms. The Hall–Kier alpha value is -1.39. The third-order valence-electron chi connectivity index (χ3n) is 3.24. The zero-order valence-corrected chi connectivity index (χ0v) is 9.78. The molecule has 0 spiro atoms. The molecule has 1 saturated heterocycles. The molecule has 1 aliphatic rings. The summed E-state index contributed by atoms with van der Waals surface area (Å²) in [7, 11) is 0. The molecule has 1 aromatic heterocycles. The van der Waals surface area contributed by atoms with Crippen molar-refractivity contribution in [2.24, 2.45) is 5.92 Å². The smallest absolute Gasteiger partial charge is 0.0650 e. The van der Waals surface area contributed by atoms with Crippen LogP contribution in [0.3, 0.4) is 0 Å². The molecule has 0 radical (unpaired) electrons. The Bertz CT molecular complexity index is 486. The van der Waals surface area contributed by atoms with E-state index < -0.39 is 0 Å². The monoisotopic (exact) mass is 231 g/mol. The van der Waals surface area contributed by atoms with Gasteiger partial charge in [0.15, 0.2) is 0 Å². The molecule has 4 nitrogen and oxygen atoms in total. The molecule has 4 heteroatoms. The fourth-order valence-electron chi connectivity index (χ4n) is 2.34. The lowest BCUT2D eigenvalue weighted by atomic mass is 9.99. The van der Waals surface area contributed by atoms with Crippen molar-refractivity contribution in [1.29, 1.82) is 0 Å². The number of aromatic nitrogens is 2. The van der Waals surface area contributed by atoms with Crippen molar-refractivity contribution in [1.82, 2.24) is 15.5 Å². The Morgan fingerprint density at radius 2 is 2.41 bits per heavy atom. The normalized spacial score (nSPS) is 21.5. The minimum atomic E-state index is 0.571. The summed E-state index contributed by atoms with van der Waals surface area (Å²) in [6.45, 7) is 3.70. The van der Waals surface area contributed by atoms with Crippen molar-refractivity contribution in [3.8, 4) is 0 Å². The highest BCUT2D eigenvalue weighted by atomic mass is 16.5. The summed E-state index contributed by atoms with van der Waals surface area (Å²) in [4.78, 5) is 0. The Morgan fingerprint density at radius 3 is 3.41 bits per heavy atom. The quantitative estimate of drug-likeness (QED) is 0.820. The molecule has 1 aliphatic heterocycles. The topological polar surface area (TPSA) is 49.9 Å².